The van der Waals surface area contributed by atoms with Crippen LogP contribution in [0.5, 0.6) is 17.2 Å². The van der Waals surface area contributed by atoms with E-state index in [0.29, 0.717) is 19.0 Å². The van der Waals surface area contributed by atoms with Gasteiger partial charge in [0.05, 0.1) is 12.8 Å². The van der Waals surface area contributed by atoms with Gasteiger partial charge in [0.25, 0.3) is 0 Å². The lowest BCUT2D eigenvalue weighted by Gasteiger charge is -2.21. The number of carboxylic acids is 1. The molecule has 0 atom stereocenters. The van der Waals surface area contributed by atoms with Crippen LogP contribution < -0.4 is 19.9 Å². The minimum atomic E-state index is -1.16. The number of methoxy groups -OCH3 is 1. The van der Waals surface area contributed by atoms with Gasteiger partial charge in [-0.2, -0.15) is 0 Å². The smallest absolute Gasteiger partial charge is 0.341 e. The van der Waals surface area contributed by atoms with E-state index >= 15 is 0 Å². The maximum atomic E-state index is 11.0. The van der Waals surface area contributed by atoms with E-state index in [1.807, 2.05) is 0 Å². The highest BCUT2D eigenvalue weighted by molar-refractivity contribution is 5.99. The maximum Gasteiger partial charge on any atom is 0.341 e. The number of benzene rings is 1. The van der Waals surface area contributed by atoms with Crippen LogP contribution in [0.3, 0.4) is 0 Å². The summed E-state index contributed by atoms with van der Waals surface area (Å²) in [6, 6.07) is 1.47. The minimum absolute atomic E-state index is 0.0292. The van der Waals surface area contributed by atoms with Crippen molar-refractivity contribution in [3.63, 3.8) is 0 Å². The lowest BCUT2D eigenvalue weighted by molar-refractivity contribution is 0.0693. The van der Waals surface area contributed by atoms with Gasteiger partial charge in [-0.3, -0.25) is 0 Å². The van der Waals surface area contributed by atoms with Gasteiger partial charge in [-0.1, -0.05) is 0 Å². The summed E-state index contributed by atoms with van der Waals surface area (Å²) in [5.74, 6) is -0.323. The second kappa shape index (κ2) is 3.80. The topological polar surface area (TPSA) is 91.0 Å². The molecule has 0 unspecified atom stereocenters. The molecule has 6 nitrogen and oxygen atoms in total. The van der Waals surface area contributed by atoms with E-state index in [0.717, 1.165) is 0 Å². The fraction of sp³-hybridized carbons (Fsp3) is 0.300. The molecule has 1 heterocycles. The Morgan fingerprint density at radius 3 is 2.81 bits per heavy atom. The van der Waals surface area contributed by atoms with E-state index < -0.39 is 5.97 Å². The number of aromatic carboxylic acids is 1. The number of anilines is 1. The summed E-state index contributed by atoms with van der Waals surface area (Å²) >= 11 is 0. The number of nitrogens with two attached hydrogens (primary N) is 1. The zero-order valence-corrected chi connectivity index (χ0v) is 8.65. The molecule has 0 aliphatic carbocycles. The van der Waals surface area contributed by atoms with Crippen molar-refractivity contribution in [1.29, 1.82) is 0 Å². The molecule has 1 aromatic rings. The molecule has 0 bridgehead atoms. The van der Waals surface area contributed by atoms with Crippen LogP contribution in [-0.2, 0) is 0 Å². The predicted molar refractivity (Wildman–Crippen MR) is 55.4 cm³/mol. The molecule has 1 aromatic carbocycles. The average molecular weight is 225 g/mol. The molecule has 6 heteroatoms. The van der Waals surface area contributed by atoms with E-state index in [9.17, 15) is 4.79 Å². The number of rotatable bonds is 2. The Morgan fingerprint density at radius 2 is 2.19 bits per heavy atom. The fourth-order valence-electron chi connectivity index (χ4n) is 1.57. The molecule has 0 amide bonds. The average Bonchev–Trinajstić information content (AvgIpc) is 2.28. The first kappa shape index (κ1) is 10.4. The molecule has 0 radical (unpaired) electrons. The Balaban J connectivity index is 2.64. The molecule has 1 aliphatic heterocycles. The number of carbonyl (C=O) groups is 1. The van der Waals surface area contributed by atoms with Gasteiger partial charge < -0.3 is 25.1 Å². The van der Waals surface area contributed by atoms with E-state index in [4.69, 9.17) is 25.1 Å². The molecule has 0 aromatic heterocycles. The van der Waals surface area contributed by atoms with Gasteiger partial charge in [0.1, 0.15) is 24.5 Å². The zero-order chi connectivity index (χ0) is 11.7. The predicted octanol–water partition coefficient (Wildman–Crippen LogP) is 0.747. The third kappa shape index (κ3) is 1.48. The molecule has 1 aliphatic rings. The second-order valence-corrected chi connectivity index (χ2v) is 3.20. The van der Waals surface area contributed by atoms with Gasteiger partial charge in [0.2, 0.25) is 0 Å². The summed E-state index contributed by atoms with van der Waals surface area (Å²) < 4.78 is 15.5. The van der Waals surface area contributed by atoms with Gasteiger partial charge >= 0.3 is 5.97 Å². The summed E-state index contributed by atoms with van der Waals surface area (Å²) in [4.78, 5) is 11.0. The summed E-state index contributed by atoms with van der Waals surface area (Å²) in [5.41, 5.74) is 5.64. The summed E-state index contributed by atoms with van der Waals surface area (Å²) in [6.07, 6.45) is 0. The highest BCUT2D eigenvalue weighted by atomic mass is 16.6. The standard InChI is InChI=1S/C10H11NO5/c1-14-5-4-6-9(16-3-2-15-6)8(11)7(5)10(12)13/h4H,2-3,11H2,1H3,(H,12,13). The Bertz CT molecular complexity index is 443. The van der Waals surface area contributed by atoms with Gasteiger partial charge in [-0.05, 0) is 0 Å². The normalized spacial score (nSPS) is 13.3. The molecule has 0 fully saturated rings. The molecule has 16 heavy (non-hydrogen) atoms. The van der Waals surface area contributed by atoms with E-state index in [1.165, 1.54) is 13.2 Å². The van der Waals surface area contributed by atoms with Crippen LogP contribution in [0, 0.1) is 0 Å². The van der Waals surface area contributed by atoms with Crippen molar-refractivity contribution < 1.29 is 24.1 Å². The third-order valence-electron chi connectivity index (χ3n) is 2.27. The van der Waals surface area contributed by atoms with Gasteiger partial charge in [-0.15, -0.1) is 0 Å². The van der Waals surface area contributed by atoms with Crippen molar-refractivity contribution in [3.8, 4) is 17.2 Å². The molecular weight excluding hydrogens is 214 g/mol. The number of carboxylic acid groups (broad SMARTS) is 1. The molecular formula is C10H11NO5. The van der Waals surface area contributed by atoms with E-state index in [2.05, 4.69) is 0 Å². The molecule has 86 valence electrons. The number of fused-ring (bicyclic) bond motifs is 1. The first-order valence-electron chi connectivity index (χ1n) is 4.64. The third-order valence-corrected chi connectivity index (χ3v) is 2.27. The zero-order valence-electron chi connectivity index (χ0n) is 8.65. The number of hydrogen-bond donors (Lipinski definition) is 2. The number of ether oxygens (including phenoxy) is 3. The van der Waals surface area contributed by atoms with Crippen LogP contribution in [0.15, 0.2) is 6.07 Å². The monoisotopic (exact) mass is 225 g/mol. The Morgan fingerprint density at radius 1 is 1.50 bits per heavy atom. The Kier molecular flexibility index (Phi) is 2.47. The first-order chi connectivity index (χ1) is 7.65. The SMILES string of the molecule is COc1cc2c(c(N)c1C(=O)O)OCCO2. The maximum absolute atomic E-state index is 11.0. The van der Waals surface area contributed by atoms with Crippen LogP contribution in [0.25, 0.3) is 0 Å². The van der Waals surface area contributed by atoms with Crippen LogP contribution in [0.2, 0.25) is 0 Å². The quantitative estimate of drug-likeness (QED) is 0.721. The van der Waals surface area contributed by atoms with Crippen LogP contribution in [-0.4, -0.2) is 31.4 Å². The second-order valence-electron chi connectivity index (χ2n) is 3.20. The van der Waals surface area contributed by atoms with E-state index in [1.54, 1.807) is 0 Å². The summed E-state index contributed by atoms with van der Waals surface area (Å²) in [7, 11) is 1.37. The summed E-state index contributed by atoms with van der Waals surface area (Å²) in [6.45, 7) is 0.755. The minimum Gasteiger partial charge on any atom is -0.496 e. The highest BCUT2D eigenvalue weighted by Crippen LogP contribution is 2.43. The molecule has 3 N–H and O–H groups in total. The van der Waals surface area contributed by atoms with Gasteiger partial charge in [0.15, 0.2) is 11.5 Å². The van der Waals surface area contributed by atoms with Crippen LogP contribution >= 0.6 is 0 Å². The van der Waals surface area contributed by atoms with Gasteiger partial charge in [0, 0.05) is 6.07 Å². The molecule has 0 saturated heterocycles. The molecule has 2 rings (SSSR count). The molecule has 0 saturated carbocycles. The largest absolute Gasteiger partial charge is 0.496 e. The van der Waals surface area contributed by atoms with Crippen molar-refractivity contribution >= 4 is 11.7 Å². The van der Waals surface area contributed by atoms with Crippen molar-refractivity contribution in [2.24, 2.45) is 0 Å². The van der Waals surface area contributed by atoms with Crippen molar-refractivity contribution in [2.45, 2.75) is 0 Å². The fourth-order valence-corrected chi connectivity index (χ4v) is 1.57. The molecule has 0 spiro atoms. The van der Waals surface area contributed by atoms with Crippen molar-refractivity contribution in [3.05, 3.63) is 11.6 Å². The number of nitrogen functional groups attached to an aromatic ring is 1. The Labute approximate surface area is 91.5 Å². The van der Waals surface area contributed by atoms with Crippen LogP contribution in [0.4, 0.5) is 5.69 Å². The van der Waals surface area contributed by atoms with Gasteiger partial charge in [-0.25, -0.2) is 4.79 Å². The summed E-state index contributed by atoms with van der Waals surface area (Å²) in [5, 5.41) is 9.02. The highest BCUT2D eigenvalue weighted by Gasteiger charge is 2.25. The van der Waals surface area contributed by atoms with Crippen molar-refractivity contribution in [1.82, 2.24) is 0 Å². The van der Waals surface area contributed by atoms with E-state index in [-0.39, 0.29) is 22.7 Å². The lowest BCUT2D eigenvalue weighted by atomic mass is 10.1. The van der Waals surface area contributed by atoms with Crippen molar-refractivity contribution in [2.75, 3.05) is 26.1 Å². The van der Waals surface area contributed by atoms with Crippen LogP contribution in [0.1, 0.15) is 10.4 Å². The first-order valence-corrected chi connectivity index (χ1v) is 4.64. The Hall–Kier alpha value is -2.11. The lowest BCUT2D eigenvalue weighted by Crippen LogP contribution is -2.18. The number of hydrogen-bond acceptors (Lipinski definition) is 5.